The zero-order valence-electron chi connectivity index (χ0n) is 14.2. The molecule has 1 aliphatic heterocycles. The van der Waals surface area contributed by atoms with Gasteiger partial charge in [-0.1, -0.05) is 47.5 Å². The van der Waals surface area contributed by atoms with Gasteiger partial charge in [-0.2, -0.15) is 0 Å². The first-order valence-electron chi connectivity index (χ1n) is 8.29. The fourth-order valence-electron chi connectivity index (χ4n) is 3.02. The number of hydrogen-bond acceptors (Lipinski definition) is 3. The summed E-state index contributed by atoms with van der Waals surface area (Å²) in [6.45, 7) is 2.06. The van der Waals surface area contributed by atoms with Crippen LogP contribution in [0.3, 0.4) is 0 Å². The van der Waals surface area contributed by atoms with Crippen LogP contribution in [0, 0.1) is 6.92 Å². The summed E-state index contributed by atoms with van der Waals surface area (Å²) in [4.78, 5) is 21.1. The van der Waals surface area contributed by atoms with E-state index in [-0.39, 0.29) is 12.3 Å². The number of aryl methyl sites for hydroxylation is 1. The molecule has 0 atom stereocenters. The fraction of sp³-hybridized carbons (Fsp3) is 0.0952. The predicted octanol–water partition coefficient (Wildman–Crippen LogP) is 5.17. The quantitative estimate of drug-likeness (QED) is 0.640. The van der Waals surface area contributed by atoms with E-state index < -0.39 is 0 Å². The van der Waals surface area contributed by atoms with Crippen molar-refractivity contribution in [3.05, 3.63) is 77.1 Å². The maximum atomic E-state index is 12.4. The lowest BCUT2D eigenvalue weighted by atomic mass is 10.0. The summed E-state index contributed by atoms with van der Waals surface area (Å²) in [5.41, 5.74) is 6.26. The number of pyridine rings is 1. The van der Waals surface area contributed by atoms with Crippen molar-refractivity contribution < 1.29 is 4.79 Å². The Labute approximate surface area is 156 Å². The Balaban J connectivity index is 1.78. The summed E-state index contributed by atoms with van der Waals surface area (Å²) in [5.74, 6) is -0.100. The van der Waals surface area contributed by atoms with Crippen LogP contribution in [0.4, 0.5) is 11.4 Å². The molecule has 1 amide bonds. The highest BCUT2D eigenvalue weighted by Crippen LogP contribution is 2.34. The van der Waals surface area contributed by atoms with Gasteiger partial charge in [0.15, 0.2) is 0 Å². The van der Waals surface area contributed by atoms with Crippen molar-refractivity contribution in [3.63, 3.8) is 0 Å². The molecule has 0 saturated heterocycles. The Hall–Kier alpha value is -2.98. The number of amides is 1. The number of aromatic nitrogens is 1. The van der Waals surface area contributed by atoms with Gasteiger partial charge >= 0.3 is 0 Å². The number of nitrogens with zero attached hydrogens (tertiary/aromatic N) is 2. The van der Waals surface area contributed by atoms with Gasteiger partial charge < -0.3 is 5.32 Å². The molecule has 0 fully saturated rings. The Bertz CT molecular complexity index is 1040. The van der Waals surface area contributed by atoms with Crippen molar-refractivity contribution in [1.82, 2.24) is 4.98 Å². The Kier molecular flexibility index (Phi) is 4.27. The number of anilines is 1. The zero-order chi connectivity index (χ0) is 18.1. The average molecular weight is 362 g/mol. The number of carbonyl (C=O) groups excluding carboxylic acids is 1. The minimum atomic E-state index is -0.100. The predicted molar refractivity (Wildman–Crippen MR) is 105 cm³/mol. The molecule has 0 aliphatic carbocycles. The standard InChI is InChI=1S/C21H16ClN3O/c1-13-3-2-4-14(9-13)15-5-6-17-19(10-15)25-21(26)12-18(24-17)16-7-8-23-20(22)11-16/h2-11H,12H2,1H3,(H,25,26). The molecular formula is C21H16ClN3O. The summed E-state index contributed by atoms with van der Waals surface area (Å²) in [5, 5.41) is 3.34. The molecule has 0 saturated carbocycles. The summed E-state index contributed by atoms with van der Waals surface area (Å²) < 4.78 is 0. The Morgan fingerprint density at radius 2 is 1.85 bits per heavy atom. The molecule has 0 radical (unpaired) electrons. The van der Waals surface area contributed by atoms with Gasteiger partial charge in [-0.15, -0.1) is 0 Å². The highest BCUT2D eigenvalue weighted by atomic mass is 35.5. The molecule has 26 heavy (non-hydrogen) atoms. The van der Waals surface area contributed by atoms with Crippen molar-refractivity contribution in [1.29, 1.82) is 0 Å². The van der Waals surface area contributed by atoms with E-state index in [1.54, 1.807) is 12.3 Å². The van der Waals surface area contributed by atoms with Crippen LogP contribution in [0.1, 0.15) is 17.5 Å². The van der Waals surface area contributed by atoms with Crippen molar-refractivity contribution in [3.8, 4) is 11.1 Å². The summed E-state index contributed by atoms with van der Waals surface area (Å²) in [7, 11) is 0. The lowest BCUT2D eigenvalue weighted by molar-refractivity contribution is -0.115. The smallest absolute Gasteiger partial charge is 0.230 e. The van der Waals surface area contributed by atoms with Gasteiger partial charge in [0.05, 0.1) is 23.5 Å². The van der Waals surface area contributed by atoms with Gasteiger partial charge in [0.1, 0.15) is 5.15 Å². The van der Waals surface area contributed by atoms with Crippen LogP contribution in [0.2, 0.25) is 5.15 Å². The first kappa shape index (κ1) is 16.5. The number of halogens is 1. The molecule has 1 N–H and O–H groups in total. The second-order valence-corrected chi connectivity index (χ2v) is 6.64. The first-order valence-corrected chi connectivity index (χ1v) is 8.67. The minimum Gasteiger partial charge on any atom is -0.324 e. The van der Waals surface area contributed by atoms with Crippen LogP contribution in [-0.4, -0.2) is 16.6 Å². The second-order valence-electron chi connectivity index (χ2n) is 6.25. The van der Waals surface area contributed by atoms with E-state index in [2.05, 4.69) is 35.4 Å². The van der Waals surface area contributed by atoms with E-state index in [1.807, 2.05) is 30.3 Å². The van der Waals surface area contributed by atoms with Gasteiger partial charge in [0, 0.05) is 11.8 Å². The van der Waals surface area contributed by atoms with Crippen molar-refractivity contribution in [2.75, 3.05) is 5.32 Å². The van der Waals surface area contributed by atoms with Gasteiger partial charge in [-0.25, -0.2) is 4.98 Å². The number of rotatable bonds is 2. The van der Waals surface area contributed by atoms with Crippen LogP contribution in [0.15, 0.2) is 65.8 Å². The SMILES string of the molecule is Cc1cccc(-c2ccc3c(c2)NC(=O)CC(c2ccnc(Cl)c2)=N3)c1. The van der Waals surface area contributed by atoms with E-state index in [1.165, 1.54) is 5.56 Å². The molecule has 2 aromatic carbocycles. The molecule has 0 bridgehead atoms. The van der Waals surface area contributed by atoms with Crippen LogP contribution in [-0.2, 0) is 4.79 Å². The van der Waals surface area contributed by atoms with Crippen molar-refractivity contribution in [2.45, 2.75) is 13.3 Å². The number of hydrogen-bond donors (Lipinski definition) is 1. The van der Waals surface area contributed by atoms with E-state index in [0.717, 1.165) is 22.4 Å². The zero-order valence-corrected chi connectivity index (χ0v) is 14.9. The maximum Gasteiger partial charge on any atom is 0.230 e. The largest absolute Gasteiger partial charge is 0.324 e. The highest BCUT2D eigenvalue weighted by Gasteiger charge is 2.18. The van der Waals surface area contributed by atoms with Gasteiger partial charge in [0.25, 0.3) is 0 Å². The van der Waals surface area contributed by atoms with Crippen molar-refractivity contribution >= 4 is 34.6 Å². The molecule has 2 heterocycles. The van der Waals surface area contributed by atoms with E-state index in [0.29, 0.717) is 16.6 Å². The lowest BCUT2D eigenvalue weighted by Gasteiger charge is -2.09. The van der Waals surface area contributed by atoms with Crippen LogP contribution in [0.25, 0.3) is 11.1 Å². The lowest BCUT2D eigenvalue weighted by Crippen LogP contribution is -2.15. The molecule has 4 rings (SSSR count). The second kappa shape index (κ2) is 6.73. The van der Waals surface area contributed by atoms with Gasteiger partial charge in [-0.3, -0.25) is 9.79 Å². The number of aliphatic imine (C=N–C) groups is 1. The minimum absolute atomic E-state index is 0.100. The van der Waals surface area contributed by atoms with E-state index in [4.69, 9.17) is 16.6 Å². The Morgan fingerprint density at radius 3 is 2.65 bits per heavy atom. The number of nitrogens with one attached hydrogen (secondary N) is 1. The number of fused-ring (bicyclic) bond motifs is 1. The monoisotopic (exact) mass is 361 g/mol. The van der Waals surface area contributed by atoms with E-state index in [9.17, 15) is 4.79 Å². The van der Waals surface area contributed by atoms with E-state index >= 15 is 0 Å². The molecule has 128 valence electrons. The molecule has 1 aromatic heterocycles. The molecule has 5 heteroatoms. The molecule has 4 nitrogen and oxygen atoms in total. The topological polar surface area (TPSA) is 54.4 Å². The molecule has 1 aliphatic rings. The van der Waals surface area contributed by atoms with Crippen LogP contribution < -0.4 is 5.32 Å². The average Bonchev–Trinajstić information content (AvgIpc) is 2.79. The third kappa shape index (κ3) is 3.37. The van der Waals surface area contributed by atoms with Gasteiger partial charge in [-0.05, 0) is 42.3 Å². The number of benzene rings is 2. The third-order valence-electron chi connectivity index (χ3n) is 4.27. The highest BCUT2D eigenvalue weighted by molar-refractivity contribution is 6.30. The van der Waals surface area contributed by atoms with Gasteiger partial charge in [0.2, 0.25) is 5.91 Å². The summed E-state index contributed by atoms with van der Waals surface area (Å²) in [6.07, 6.45) is 1.81. The summed E-state index contributed by atoms with van der Waals surface area (Å²) >= 11 is 5.98. The molecule has 0 spiro atoms. The van der Waals surface area contributed by atoms with Crippen LogP contribution >= 0.6 is 11.6 Å². The normalized spacial score (nSPS) is 13.5. The maximum absolute atomic E-state index is 12.4. The van der Waals surface area contributed by atoms with Crippen molar-refractivity contribution in [2.24, 2.45) is 4.99 Å². The summed E-state index contributed by atoms with van der Waals surface area (Å²) in [6, 6.07) is 17.7. The third-order valence-corrected chi connectivity index (χ3v) is 4.47. The molecular weight excluding hydrogens is 346 g/mol. The molecule has 3 aromatic rings. The fourth-order valence-corrected chi connectivity index (χ4v) is 3.19. The first-order chi connectivity index (χ1) is 12.6. The Morgan fingerprint density at radius 1 is 1.00 bits per heavy atom. The number of carbonyl (C=O) groups is 1. The molecule has 0 unspecified atom stereocenters. The van der Waals surface area contributed by atoms with Crippen LogP contribution in [0.5, 0.6) is 0 Å².